The Morgan fingerprint density at radius 2 is 2.15 bits per heavy atom. The lowest BCUT2D eigenvalue weighted by molar-refractivity contribution is -0.110. The Hall–Kier alpha value is -0.870. The van der Waals surface area contributed by atoms with Crippen molar-refractivity contribution >= 4 is 49.0 Å². The van der Waals surface area contributed by atoms with Crippen LogP contribution in [-0.4, -0.2) is 5.91 Å². The van der Waals surface area contributed by atoms with Crippen LogP contribution in [0, 0.1) is 12.8 Å². The Kier molecular flexibility index (Phi) is 3.87. The van der Waals surface area contributed by atoms with Gasteiger partial charge in [-0.05, 0) is 59.7 Å². The van der Waals surface area contributed by atoms with E-state index in [9.17, 15) is 4.79 Å². The third-order valence-electron chi connectivity index (χ3n) is 3.90. The van der Waals surface area contributed by atoms with Gasteiger partial charge in [-0.25, -0.2) is 0 Å². The third kappa shape index (κ3) is 2.40. The molecule has 0 fully saturated rings. The molecule has 20 heavy (non-hydrogen) atoms. The zero-order valence-electron chi connectivity index (χ0n) is 11.2. The van der Waals surface area contributed by atoms with Gasteiger partial charge in [-0.3, -0.25) is 4.79 Å². The number of carbonyl (C=O) groups is 1. The molecule has 1 N–H and O–H groups in total. The summed E-state index contributed by atoms with van der Waals surface area (Å²) < 4.78 is 1.94. The lowest BCUT2D eigenvalue weighted by Gasteiger charge is -2.13. The van der Waals surface area contributed by atoms with Crippen LogP contribution in [0.25, 0.3) is 5.57 Å². The number of anilines is 1. The van der Waals surface area contributed by atoms with E-state index in [1.54, 1.807) is 0 Å². The molecule has 1 heterocycles. The number of fused-ring (bicyclic) bond motifs is 1. The minimum Gasteiger partial charge on any atom is -0.320 e. The molecule has 0 bridgehead atoms. The summed E-state index contributed by atoms with van der Waals surface area (Å²) in [5.74, 6) is 0.369. The number of amides is 1. The molecule has 1 atom stereocenters. The van der Waals surface area contributed by atoms with Crippen molar-refractivity contribution in [3.63, 3.8) is 0 Å². The summed E-state index contributed by atoms with van der Waals surface area (Å²) in [7, 11) is 0. The minimum atomic E-state index is 0.000809. The SMILES string of the molecule is Cc1c(Br)cc(Br)c2c1C(=CC1C=CCCC1)C(=O)N2. The zero-order valence-corrected chi connectivity index (χ0v) is 14.3. The monoisotopic (exact) mass is 395 g/mol. The molecule has 1 aliphatic carbocycles. The van der Waals surface area contributed by atoms with Crippen molar-refractivity contribution in [1.82, 2.24) is 0 Å². The second kappa shape index (κ2) is 5.49. The molecular weight excluding hydrogens is 382 g/mol. The summed E-state index contributed by atoms with van der Waals surface area (Å²) in [6, 6.07) is 1.98. The first-order valence-corrected chi connectivity index (χ1v) is 8.35. The number of hydrogen-bond acceptors (Lipinski definition) is 1. The maximum atomic E-state index is 12.3. The molecule has 0 aromatic heterocycles. The van der Waals surface area contributed by atoms with Gasteiger partial charge in [0, 0.05) is 20.1 Å². The van der Waals surface area contributed by atoms with Crippen molar-refractivity contribution in [3.8, 4) is 0 Å². The fourth-order valence-electron chi connectivity index (χ4n) is 2.82. The maximum Gasteiger partial charge on any atom is 0.256 e. The Bertz CT molecular complexity index is 646. The summed E-state index contributed by atoms with van der Waals surface area (Å²) in [5, 5.41) is 2.97. The summed E-state index contributed by atoms with van der Waals surface area (Å²) in [4.78, 5) is 12.3. The number of benzene rings is 1. The Morgan fingerprint density at radius 3 is 2.85 bits per heavy atom. The molecule has 2 nitrogen and oxygen atoms in total. The van der Waals surface area contributed by atoms with Crippen molar-refractivity contribution in [2.24, 2.45) is 5.92 Å². The van der Waals surface area contributed by atoms with E-state index in [1.165, 1.54) is 6.42 Å². The van der Waals surface area contributed by atoms with Crippen molar-refractivity contribution in [2.45, 2.75) is 26.2 Å². The van der Waals surface area contributed by atoms with Crippen LogP contribution in [0.5, 0.6) is 0 Å². The molecule has 4 heteroatoms. The number of rotatable bonds is 1. The highest BCUT2D eigenvalue weighted by Gasteiger charge is 2.29. The fourth-order valence-corrected chi connectivity index (χ4v) is 4.08. The molecule has 1 aromatic rings. The van der Waals surface area contributed by atoms with E-state index in [1.807, 2.05) is 13.0 Å². The molecule has 1 amide bonds. The first-order valence-electron chi connectivity index (χ1n) is 6.76. The van der Waals surface area contributed by atoms with E-state index >= 15 is 0 Å². The average molecular weight is 397 g/mol. The molecule has 3 rings (SSSR count). The molecule has 1 aliphatic heterocycles. The highest BCUT2D eigenvalue weighted by Crippen LogP contribution is 2.43. The van der Waals surface area contributed by atoms with Gasteiger partial charge < -0.3 is 5.32 Å². The van der Waals surface area contributed by atoms with Crippen molar-refractivity contribution in [1.29, 1.82) is 0 Å². The molecule has 1 unspecified atom stereocenters. The molecule has 0 saturated carbocycles. The van der Waals surface area contributed by atoms with E-state index in [-0.39, 0.29) is 5.91 Å². The minimum absolute atomic E-state index is 0.000809. The van der Waals surface area contributed by atoms with Gasteiger partial charge in [-0.1, -0.05) is 34.2 Å². The van der Waals surface area contributed by atoms with Gasteiger partial charge in [-0.2, -0.15) is 0 Å². The molecule has 2 aliphatic rings. The summed E-state index contributed by atoms with van der Waals surface area (Å²) >= 11 is 7.09. The van der Waals surface area contributed by atoms with Crippen molar-refractivity contribution in [3.05, 3.63) is 44.4 Å². The van der Waals surface area contributed by atoms with Crippen LogP contribution in [0.4, 0.5) is 5.69 Å². The zero-order chi connectivity index (χ0) is 14.3. The van der Waals surface area contributed by atoms with E-state index in [2.05, 4.69) is 55.4 Å². The maximum absolute atomic E-state index is 12.3. The molecule has 1 aromatic carbocycles. The van der Waals surface area contributed by atoms with Gasteiger partial charge in [0.15, 0.2) is 0 Å². The molecule has 0 spiro atoms. The predicted octanol–water partition coefficient (Wildman–Crippen LogP) is 5.21. The van der Waals surface area contributed by atoms with Gasteiger partial charge in [0.05, 0.1) is 5.69 Å². The van der Waals surface area contributed by atoms with Crippen LogP contribution in [0.1, 0.15) is 30.4 Å². The smallest absolute Gasteiger partial charge is 0.256 e. The van der Waals surface area contributed by atoms with Crippen LogP contribution >= 0.6 is 31.9 Å². The summed E-state index contributed by atoms with van der Waals surface area (Å²) in [5.41, 5.74) is 3.82. The van der Waals surface area contributed by atoms with Crippen LogP contribution in [0.3, 0.4) is 0 Å². The molecule has 0 saturated heterocycles. The van der Waals surface area contributed by atoms with E-state index in [0.717, 1.165) is 44.2 Å². The van der Waals surface area contributed by atoms with Crippen LogP contribution in [-0.2, 0) is 4.79 Å². The van der Waals surface area contributed by atoms with Gasteiger partial charge in [0.2, 0.25) is 0 Å². The second-order valence-corrected chi connectivity index (χ2v) is 6.98. The lowest BCUT2D eigenvalue weighted by Crippen LogP contribution is -2.06. The summed E-state index contributed by atoms with van der Waals surface area (Å²) in [6.07, 6.45) is 10.0. The first kappa shape index (κ1) is 14.1. The normalized spacial score (nSPS) is 23.1. The summed E-state index contributed by atoms with van der Waals surface area (Å²) in [6.45, 7) is 2.04. The molecular formula is C16H15Br2NO. The van der Waals surface area contributed by atoms with Crippen molar-refractivity contribution < 1.29 is 4.79 Å². The number of halogens is 2. The van der Waals surface area contributed by atoms with E-state index < -0.39 is 0 Å². The number of hydrogen-bond donors (Lipinski definition) is 1. The van der Waals surface area contributed by atoms with E-state index in [0.29, 0.717) is 5.92 Å². The highest BCUT2D eigenvalue weighted by atomic mass is 79.9. The number of allylic oxidation sites excluding steroid dienone is 3. The Morgan fingerprint density at radius 1 is 1.35 bits per heavy atom. The predicted molar refractivity (Wildman–Crippen MR) is 89.7 cm³/mol. The van der Waals surface area contributed by atoms with Gasteiger partial charge in [-0.15, -0.1) is 0 Å². The largest absolute Gasteiger partial charge is 0.320 e. The third-order valence-corrected chi connectivity index (χ3v) is 5.35. The van der Waals surface area contributed by atoms with Crippen LogP contribution in [0.2, 0.25) is 0 Å². The van der Waals surface area contributed by atoms with Crippen LogP contribution in [0.15, 0.2) is 33.2 Å². The van der Waals surface area contributed by atoms with Crippen LogP contribution < -0.4 is 5.32 Å². The fraction of sp³-hybridized carbons (Fsp3) is 0.312. The average Bonchev–Trinajstić information content (AvgIpc) is 2.76. The highest BCUT2D eigenvalue weighted by molar-refractivity contribution is 9.11. The molecule has 104 valence electrons. The van der Waals surface area contributed by atoms with Crippen molar-refractivity contribution in [2.75, 3.05) is 5.32 Å². The topological polar surface area (TPSA) is 29.1 Å². The van der Waals surface area contributed by atoms with Gasteiger partial charge >= 0.3 is 0 Å². The lowest BCUT2D eigenvalue weighted by atomic mass is 9.91. The standard InChI is InChI=1S/C16H15Br2NO/c1-9-12(17)8-13(18)15-14(9)11(16(20)19-15)7-10-5-3-2-4-6-10/h3,5,7-8,10H,2,4,6H2,1H3,(H,19,20). The molecule has 0 radical (unpaired) electrons. The Labute approximate surface area is 135 Å². The number of nitrogens with one attached hydrogen (secondary N) is 1. The Balaban J connectivity index is 2.12. The van der Waals surface area contributed by atoms with Gasteiger partial charge in [0.1, 0.15) is 0 Å². The second-order valence-electron chi connectivity index (χ2n) is 5.27. The van der Waals surface area contributed by atoms with E-state index in [4.69, 9.17) is 0 Å². The number of carbonyl (C=O) groups excluding carboxylic acids is 1. The van der Waals surface area contributed by atoms with Gasteiger partial charge in [0.25, 0.3) is 5.91 Å². The quantitative estimate of drug-likeness (QED) is 0.512. The first-order chi connectivity index (χ1) is 9.58.